The number of aromatic nitrogens is 2. The van der Waals surface area contributed by atoms with Crippen LogP contribution in [0, 0.1) is 0 Å². The summed E-state index contributed by atoms with van der Waals surface area (Å²) in [6.07, 6.45) is 3.63. The molecule has 2 N–H and O–H groups in total. The van der Waals surface area contributed by atoms with Crippen molar-refractivity contribution in [3.05, 3.63) is 59.1 Å². The number of nitrogens with two attached hydrogens (primary N) is 1. The molecule has 1 saturated heterocycles. The number of hydrogen-bond acceptors (Lipinski definition) is 5. The number of anilines is 1. The van der Waals surface area contributed by atoms with Crippen molar-refractivity contribution in [3.8, 4) is 11.5 Å². The maximum absolute atomic E-state index is 12.8. The van der Waals surface area contributed by atoms with Gasteiger partial charge in [0, 0.05) is 6.61 Å². The van der Waals surface area contributed by atoms with Gasteiger partial charge in [0.05, 0.1) is 35.6 Å². The molecule has 0 spiro atoms. The fraction of sp³-hybridized carbons (Fsp3) is 0.263. The molecule has 0 saturated carbocycles. The van der Waals surface area contributed by atoms with Crippen LogP contribution in [-0.4, -0.2) is 22.3 Å². The standard InChI is InChI=1S/C19H19N3O3/c20-16-10-17-15(9-18(16)25-13-5-2-1-3-6-13)19(23)22(12-21-17)11-14-7-4-8-24-14/h1-3,5-6,9-10,12,14H,4,7-8,11,20H2. The molecule has 4 rings (SSSR count). The Labute approximate surface area is 144 Å². The van der Waals surface area contributed by atoms with Gasteiger partial charge in [-0.25, -0.2) is 4.98 Å². The van der Waals surface area contributed by atoms with E-state index in [1.807, 2.05) is 30.3 Å². The van der Waals surface area contributed by atoms with Gasteiger partial charge in [0.2, 0.25) is 0 Å². The smallest absolute Gasteiger partial charge is 0.261 e. The summed E-state index contributed by atoms with van der Waals surface area (Å²) in [5, 5.41) is 0.487. The summed E-state index contributed by atoms with van der Waals surface area (Å²) in [4.78, 5) is 17.2. The second-order valence-electron chi connectivity index (χ2n) is 6.16. The lowest BCUT2D eigenvalue weighted by Crippen LogP contribution is -2.26. The van der Waals surface area contributed by atoms with Crippen molar-refractivity contribution in [2.24, 2.45) is 0 Å². The monoisotopic (exact) mass is 337 g/mol. The molecule has 1 unspecified atom stereocenters. The van der Waals surface area contributed by atoms with Crippen molar-refractivity contribution in [1.82, 2.24) is 9.55 Å². The van der Waals surface area contributed by atoms with Crippen LogP contribution in [0.25, 0.3) is 10.9 Å². The molecule has 1 aliphatic rings. The van der Waals surface area contributed by atoms with E-state index >= 15 is 0 Å². The van der Waals surface area contributed by atoms with Crippen molar-refractivity contribution < 1.29 is 9.47 Å². The number of benzene rings is 2. The van der Waals surface area contributed by atoms with E-state index in [1.165, 1.54) is 0 Å². The molecule has 1 atom stereocenters. The lowest BCUT2D eigenvalue weighted by atomic mass is 10.2. The summed E-state index contributed by atoms with van der Waals surface area (Å²) in [5.74, 6) is 1.12. The van der Waals surface area contributed by atoms with Gasteiger partial charge in [-0.3, -0.25) is 9.36 Å². The van der Waals surface area contributed by atoms with Crippen molar-refractivity contribution in [1.29, 1.82) is 0 Å². The summed E-state index contributed by atoms with van der Waals surface area (Å²) in [6, 6.07) is 12.7. The van der Waals surface area contributed by atoms with Crippen molar-refractivity contribution >= 4 is 16.6 Å². The molecular weight excluding hydrogens is 318 g/mol. The van der Waals surface area contributed by atoms with Crippen LogP contribution in [0.1, 0.15) is 12.8 Å². The number of nitrogens with zero attached hydrogens (tertiary/aromatic N) is 2. The molecule has 1 fully saturated rings. The Morgan fingerprint density at radius 1 is 1.28 bits per heavy atom. The zero-order valence-corrected chi connectivity index (χ0v) is 13.7. The van der Waals surface area contributed by atoms with Crippen LogP contribution in [0.3, 0.4) is 0 Å². The quantitative estimate of drug-likeness (QED) is 0.741. The van der Waals surface area contributed by atoms with Crippen LogP contribution in [-0.2, 0) is 11.3 Å². The molecule has 0 amide bonds. The molecular formula is C19H19N3O3. The van der Waals surface area contributed by atoms with Gasteiger partial charge >= 0.3 is 0 Å². The van der Waals surface area contributed by atoms with Crippen LogP contribution < -0.4 is 16.0 Å². The average Bonchev–Trinajstić information content (AvgIpc) is 3.13. The van der Waals surface area contributed by atoms with E-state index in [2.05, 4.69) is 4.98 Å². The first-order valence-corrected chi connectivity index (χ1v) is 8.34. The number of fused-ring (bicyclic) bond motifs is 1. The van der Waals surface area contributed by atoms with Gasteiger partial charge in [-0.05, 0) is 37.1 Å². The Bertz CT molecular complexity index is 947. The third-order valence-corrected chi connectivity index (χ3v) is 4.35. The molecule has 25 heavy (non-hydrogen) atoms. The van der Waals surface area contributed by atoms with E-state index in [0.717, 1.165) is 19.4 Å². The minimum Gasteiger partial charge on any atom is -0.455 e. The van der Waals surface area contributed by atoms with E-state index in [-0.39, 0.29) is 11.7 Å². The lowest BCUT2D eigenvalue weighted by Gasteiger charge is -2.13. The normalized spacial score (nSPS) is 17.0. The van der Waals surface area contributed by atoms with Crippen LogP contribution in [0.15, 0.2) is 53.6 Å². The van der Waals surface area contributed by atoms with E-state index in [0.29, 0.717) is 34.6 Å². The molecule has 6 heteroatoms. The fourth-order valence-electron chi connectivity index (χ4n) is 3.04. The predicted octanol–water partition coefficient (Wildman–Crippen LogP) is 2.95. The highest BCUT2D eigenvalue weighted by Crippen LogP contribution is 2.30. The van der Waals surface area contributed by atoms with Gasteiger partial charge in [0.1, 0.15) is 5.75 Å². The molecule has 6 nitrogen and oxygen atoms in total. The van der Waals surface area contributed by atoms with Crippen LogP contribution in [0.4, 0.5) is 5.69 Å². The third kappa shape index (κ3) is 3.21. The van der Waals surface area contributed by atoms with E-state index in [9.17, 15) is 4.79 Å². The Morgan fingerprint density at radius 2 is 2.12 bits per heavy atom. The first-order valence-electron chi connectivity index (χ1n) is 8.34. The molecule has 0 bridgehead atoms. The van der Waals surface area contributed by atoms with Gasteiger partial charge in [-0.2, -0.15) is 0 Å². The lowest BCUT2D eigenvalue weighted by molar-refractivity contribution is 0.0960. The first kappa shape index (κ1) is 15.7. The molecule has 3 aromatic rings. The summed E-state index contributed by atoms with van der Waals surface area (Å²) in [6.45, 7) is 1.27. The van der Waals surface area contributed by atoms with Crippen LogP contribution in [0.2, 0.25) is 0 Å². The van der Waals surface area contributed by atoms with Gasteiger partial charge in [-0.15, -0.1) is 0 Å². The van der Waals surface area contributed by atoms with Gasteiger partial charge in [0.25, 0.3) is 5.56 Å². The number of hydrogen-bond donors (Lipinski definition) is 1. The van der Waals surface area contributed by atoms with Crippen LogP contribution >= 0.6 is 0 Å². The summed E-state index contributed by atoms with van der Waals surface area (Å²) in [5.41, 5.74) is 6.95. The van der Waals surface area contributed by atoms with Crippen molar-refractivity contribution in [2.75, 3.05) is 12.3 Å². The van der Waals surface area contributed by atoms with Gasteiger partial charge in [-0.1, -0.05) is 18.2 Å². The Kier molecular flexibility index (Phi) is 4.11. The van der Waals surface area contributed by atoms with E-state index in [4.69, 9.17) is 15.2 Å². The molecule has 2 heterocycles. The molecule has 2 aromatic carbocycles. The maximum Gasteiger partial charge on any atom is 0.261 e. The predicted molar refractivity (Wildman–Crippen MR) is 95.9 cm³/mol. The number of rotatable bonds is 4. The van der Waals surface area contributed by atoms with E-state index in [1.54, 1.807) is 23.0 Å². The number of ether oxygens (including phenoxy) is 2. The van der Waals surface area contributed by atoms with E-state index < -0.39 is 0 Å². The highest BCUT2D eigenvalue weighted by atomic mass is 16.5. The summed E-state index contributed by atoms with van der Waals surface area (Å²) < 4.78 is 13.0. The van der Waals surface area contributed by atoms with Crippen LogP contribution in [0.5, 0.6) is 11.5 Å². The molecule has 1 aromatic heterocycles. The van der Waals surface area contributed by atoms with Crippen molar-refractivity contribution in [2.45, 2.75) is 25.5 Å². The second kappa shape index (κ2) is 6.57. The molecule has 0 aliphatic carbocycles. The largest absolute Gasteiger partial charge is 0.455 e. The maximum atomic E-state index is 12.8. The summed E-state index contributed by atoms with van der Waals surface area (Å²) in [7, 11) is 0. The first-order chi connectivity index (χ1) is 12.2. The van der Waals surface area contributed by atoms with Crippen molar-refractivity contribution in [3.63, 3.8) is 0 Å². The zero-order valence-electron chi connectivity index (χ0n) is 13.7. The third-order valence-electron chi connectivity index (χ3n) is 4.35. The molecule has 0 radical (unpaired) electrons. The Balaban J connectivity index is 1.71. The minimum absolute atomic E-state index is 0.0748. The van der Waals surface area contributed by atoms with Gasteiger partial charge in [0.15, 0.2) is 5.75 Å². The highest BCUT2D eigenvalue weighted by Gasteiger charge is 2.18. The average molecular weight is 337 g/mol. The Hall–Kier alpha value is -2.86. The topological polar surface area (TPSA) is 79.4 Å². The summed E-state index contributed by atoms with van der Waals surface area (Å²) >= 11 is 0. The molecule has 1 aliphatic heterocycles. The fourth-order valence-corrected chi connectivity index (χ4v) is 3.04. The number of nitrogen functional groups attached to an aromatic ring is 1. The zero-order chi connectivity index (χ0) is 17.2. The SMILES string of the molecule is Nc1cc2ncn(CC3CCCO3)c(=O)c2cc1Oc1ccccc1. The van der Waals surface area contributed by atoms with Gasteiger partial charge < -0.3 is 15.2 Å². The molecule has 128 valence electrons. The minimum atomic E-state index is -0.113. The Morgan fingerprint density at radius 3 is 2.88 bits per heavy atom. The number of para-hydroxylation sites is 1. The second-order valence-corrected chi connectivity index (χ2v) is 6.16. The highest BCUT2D eigenvalue weighted by molar-refractivity contribution is 5.84.